The van der Waals surface area contributed by atoms with Gasteiger partial charge in [0, 0.05) is 31.7 Å². The predicted octanol–water partition coefficient (Wildman–Crippen LogP) is 0.841. The Hall–Kier alpha value is -2.13. The minimum Gasteiger partial charge on any atom is -0.337 e. The maximum Gasteiger partial charge on any atom is 0.256 e. The molecule has 1 atom stereocenters. The number of hydrogen-bond donors (Lipinski definition) is 3. The van der Waals surface area contributed by atoms with Gasteiger partial charge in [0.2, 0.25) is 15.9 Å². The van der Waals surface area contributed by atoms with Crippen molar-refractivity contribution in [1.82, 2.24) is 10.2 Å². The zero-order valence-electron chi connectivity index (χ0n) is 14.6. The molecule has 1 unspecified atom stereocenters. The second-order valence-electron chi connectivity index (χ2n) is 6.19. The number of anilines is 2. The molecule has 2 rings (SSSR count). The van der Waals surface area contributed by atoms with Gasteiger partial charge in [0.1, 0.15) is 0 Å². The fraction of sp³-hybridized carbons (Fsp3) is 0.500. The molecule has 8 nitrogen and oxygen atoms in total. The number of likely N-dealkylation sites (tertiary alicyclic amines) is 1. The minimum absolute atomic E-state index is 0.202. The van der Waals surface area contributed by atoms with Crippen molar-refractivity contribution in [2.75, 3.05) is 36.4 Å². The number of piperidine rings is 1. The quantitative estimate of drug-likeness (QED) is 0.714. The molecule has 0 aliphatic carbocycles. The zero-order valence-corrected chi connectivity index (χ0v) is 15.4. The van der Waals surface area contributed by atoms with E-state index in [0.29, 0.717) is 18.8 Å². The van der Waals surface area contributed by atoms with E-state index in [0.717, 1.165) is 19.1 Å². The zero-order chi connectivity index (χ0) is 18.6. The van der Waals surface area contributed by atoms with Crippen molar-refractivity contribution in [2.24, 2.45) is 0 Å². The molecule has 1 aromatic carbocycles. The van der Waals surface area contributed by atoms with Gasteiger partial charge in [-0.25, -0.2) is 8.42 Å². The highest BCUT2D eigenvalue weighted by Gasteiger charge is 2.26. The third kappa shape index (κ3) is 5.43. The van der Waals surface area contributed by atoms with Crippen molar-refractivity contribution in [3.8, 4) is 0 Å². The predicted molar refractivity (Wildman–Crippen MR) is 97.2 cm³/mol. The summed E-state index contributed by atoms with van der Waals surface area (Å²) >= 11 is 0. The molecule has 1 fully saturated rings. The number of likely N-dealkylation sites (N-methyl/N-ethyl adjacent to an activating group) is 1. The van der Waals surface area contributed by atoms with E-state index in [2.05, 4.69) is 15.4 Å². The molecule has 0 saturated carbocycles. The molecule has 2 amide bonds. The summed E-state index contributed by atoms with van der Waals surface area (Å²) in [4.78, 5) is 25.9. The Morgan fingerprint density at radius 1 is 1.28 bits per heavy atom. The van der Waals surface area contributed by atoms with Crippen LogP contribution in [0.25, 0.3) is 0 Å². The van der Waals surface area contributed by atoms with Crippen molar-refractivity contribution < 1.29 is 18.0 Å². The van der Waals surface area contributed by atoms with E-state index in [1.165, 1.54) is 19.1 Å². The molecule has 1 aliphatic rings. The van der Waals surface area contributed by atoms with Gasteiger partial charge in [-0.05, 0) is 38.1 Å². The van der Waals surface area contributed by atoms with E-state index in [-0.39, 0.29) is 29.1 Å². The standard InChI is InChI=1S/C16H24N4O4S/c1-11(21)18-12-6-7-15(19-25(3,23)24)14(9-12)16(22)20-8-4-5-13(10-20)17-2/h6-7,9,13,17,19H,4-5,8,10H2,1-3H3,(H,18,21). The highest BCUT2D eigenvalue weighted by molar-refractivity contribution is 7.92. The summed E-state index contributed by atoms with van der Waals surface area (Å²) in [7, 11) is -1.68. The monoisotopic (exact) mass is 368 g/mol. The summed E-state index contributed by atoms with van der Waals surface area (Å²) in [6.45, 7) is 2.53. The van der Waals surface area contributed by atoms with Crippen molar-refractivity contribution in [3.63, 3.8) is 0 Å². The van der Waals surface area contributed by atoms with E-state index in [1.54, 1.807) is 11.0 Å². The van der Waals surface area contributed by atoms with Crippen LogP contribution in [0.3, 0.4) is 0 Å². The molecule has 25 heavy (non-hydrogen) atoms. The fourth-order valence-electron chi connectivity index (χ4n) is 2.86. The molecule has 0 aromatic heterocycles. The van der Waals surface area contributed by atoms with E-state index >= 15 is 0 Å². The van der Waals surface area contributed by atoms with Gasteiger partial charge in [-0.1, -0.05) is 0 Å². The van der Waals surface area contributed by atoms with Crippen molar-refractivity contribution in [3.05, 3.63) is 23.8 Å². The third-order valence-electron chi connectivity index (χ3n) is 3.98. The second-order valence-corrected chi connectivity index (χ2v) is 7.94. The first-order valence-electron chi connectivity index (χ1n) is 8.05. The second kappa shape index (κ2) is 7.83. The normalized spacial score (nSPS) is 17.9. The van der Waals surface area contributed by atoms with Crippen molar-refractivity contribution >= 4 is 33.2 Å². The number of nitrogens with one attached hydrogen (secondary N) is 3. The number of nitrogens with zero attached hydrogens (tertiary/aromatic N) is 1. The lowest BCUT2D eigenvalue weighted by molar-refractivity contribution is -0.114. The number of amides is 2. The van der Waals surface area contributed by atoms with Gasteiger partial charge in [-0.2, -0.15) is 0 Å². The van der Waals surface area contributed by atoms with Crippen LogP contribution in [0.2, 0.25) is 0 Å². The summed E-state index contributed by atoms with van der Waals surface area (Å²) in [6, 6.07) is 4.75. The van der Waals surface area contributed by atoms with Crippen LogP contribution in [0, 0.1) is 0 Å². The number of carbonyl (C=O) groups excluding carboxylic acids is 2. The summed E-state index contributed by atoms with van der Waals surface area (Å²) in [6.07, 6.45) is 2.89. The van der Waals surface area contributed by atoms with Gasteiger partial charge in [0.25, 0.3) is 5.91 Å². The Bertz CT molecular complexity index is 763. The molecule has 1 heterocycles. The highest BCUT2D eigenvalue weighted by atomic mass is 32.2. The molecule has 0 bridgehead atoms. The molecular weight excluding hydrogens is 344 g/mol. The van der Waals surface area contributed by atoms with Crippen molar-refractivity contribution in [2.45, 2.75) is 25.8 Å². The topological polar surface area (TPSA) is 108 Å². The Kier molecular flexibility index (Phi) is 6.02. The molecule has 138 valence electrons. The van der Waals surface area contributed by atoms with Gasteiger partial charge < -0.3 is 15.5 Å². The lowest BCUT2D eigenvalue weighted by Gasteiger charge is -2.33. The Balaban J connectivity index is 2.36. The molecule has 1 aromatic rings. The van der Waals surface area contributed by atoms with Gasteiger partial charge in [0.15, 0.2) is 0 Å². The van der Waals surface area contributed by atoms with Crippen LogP contribution in [-0.4, -0.2) is 57.6 Å². The summed E-state index contributed by atoms with van der Waals surface area (Å²) in [5, 5.41) is 5.78. The molecule has 1 saturated heterocycles. The first kappa shape index (κ1) is 19.2. The van der Waals surface area contributed by atoms with E-state index in [4.69, 9.17) is 0 Å². The van der Waals surface area contributed by atoms with Crippen LogP contribution >= 0.6 is 0 Å². The Morgan fingerprint density at radius 3 is 2.60 bits per heavy atom. The third-order valence-corrected chi connectivity index (χ3v) is 4.57. The number of hydrogen-bond acceptors (Lipinski definition) is 5. The van der Waals surface area contributed by atoms with Crippen LogP contribution in [-0.2, 0) is 14.8 Å². The van der Waals surface area contributed by atoms with E-state index in [9.17, 15) is 18.0 Å². The van der Waals surface area contributed by atoms with E-state index < -0.39 is 10.0 Å². The van der Waals surface area contributed by atoms with Gasteiger partial charge in [-0.15, -0.1) is 0 Å². The first-order valence-corrected chi connectivity index (χ1v) is 9.94. The molecule has 3 N–H and O–H groups in total. The summed E-state index contributed by atoms with van der Waals surface area (Å²) in [5.41, 5.74) is 0.860. The van der Waals surface area contributed by atoms with Gasteiger partial charge in [0.05, 0.1) is 17.5 Å². The largest absolute Gasteiger partial charge is 0.337 e. The van der Waals surface area contributed by atoms with Crippen LogP contribution < -0.4 is 15.4 Å². The van der Waals surface area contributed by atoms with Crippen LogP contribution in [0.15, 0.2) is 18.2 Å². The molecule has 1 aliphatic heterocycles. The Labute approximate surface area is 148 Å². The SMILES string of the molecule is CNC1CCCN(C(=O)c2cc(NC(C)=O)ccc2NS(C)(=O)=O)C1. The fourth-order valence-corrected chi connectivity index (χ4v) is 3.44. The number of rotatable bonds is 5. The molecular formula is C16H24N4O4S. The summed E-state index contributed by atoms with van der Waals surface area (Å²) < 4.78 is 25.6. The number of carbonyl (C=O) groups is 2. The van der Waals surface area contributed by atoms with Gasteiger partial charge in [-0.3, -0.25) is 14.3 Å². The maximum atomic E-state index is 13.0. The molecule has 0 spiro atoms. The van der Waals surface area contributed by atoms with Crippen LogP contribution in [0.4, 0.5) is 11.4 Å². The van der Waals surface area contributed by atoms with Crippen molar-refractivity contribution in [1.29, 1.82) is 0 Å². The number of benzene rings is 1. The first-order chi connectivity index (χ1) is 11.7. The lowest BCUT2D eigenvalue weighted by atomic mass is 10.0. The molecule has 9 heteroatoms. The van der Waals surface area contributed by atoms with Gasteiger partial charge >= 0.3 is 0 Å². The van der Waals surface area contributed by atoms with Crippen LogP contribution in [0.5, 0.6) is 0 Å². The average molecular weight is 368 g/mol. The average Bonchev–Trinajstić information content (AvgIpc) is 2.54. The smallest absolute Gasteiger partial charge is 0.256 e. The number of sulfonamides is 1. The Morgan fingerprint density at radius 2 is 2.00 bits per heavy atom. The van der Waals surface area contributed by atoms with E-state index in [1.807, 2.05) is 7.05 Å². The molecule has 0 radical (unpaired) electrons. The highest BCUT2D eigenvalue weighted by Crippen LogP contribution is 2.25. The van der Waals surface area contributed by atoms with Crippen LogP contribution in [0.1, 0.15) is 30.1 Å². The summed E-state index contributed by atoms with van der Waals surface area (Å²) in [5.74, 6) is -0.534. The lowest BCUT2D eigenvalue weighted by Crippen LogP contribution is -2.47. The minimum atomic E-state index is -3.54. The maximum absolute atomic E-state index is 13.0.